The number of nitrogens with two attached hydrogens (primary N) is 1. The van der Waals surface area contributed by atoms with Crippen LogP contribution in [0.25, 0.3) is 0 Å². The van der Waals surface area contributed by atoms with Gasteiger partial charge in [0.15, 0.2) is 0 Å². The van der Waals surface area contributed by atoms with Gasteiger partial charge in [0.1, 0.15) is 11.5 Å². The molecule has 3 nitrogen and oxygen atoms in total. The van der Waals surface area contributed by atoms with Gasteiger partial charge in [-0.1, -0.05) is 23.9 Å². The van der Waals surface area contributed by atoms with Crippen molar-refractivity contribution in [2.75, 3.05) is 20.0 Å². The molecule has 2 rings (SSSR count). The third-order valence-corrected chi connectivity index (χ3v) is 3.64. The maximum Gasteiger partial charge on any atom is 0.133 e. The topological polar surface area (TPSA) is 44.5 Å². The highest BCUT2D eigenvalue weighted by Crippen LogP contribution is 2.39. The fourth-order valence-corrected chi connectivity index (χ4v) is 2.55. The number of hydrogen-bond acceptors (Lipinski definition) is 4. The fourth-order valence-electron chi connectivity index (χ4n) is 1.56. The van der Waals surface area contributed by atoms with Crippen LogP contribution in [0.15, 0.2) is 52.3 Å². The number of methoxy groups -OCH3 is 2. The smallest absolute Gasteiger partial charge is 0.133 e. The first-order chi connectivity index (χ1) is 8.74. The lowest BCUT2D eigenvalue weighted by atomic mass is 10.3. The molecule has 0 aliphatic rings. The summed E-state index contributed by atoms with van der Waals surface area (Å²) >= 11 is 1.56. The Hall–Kier alpha value is -1.81. The SMILES string of the molecule is COc1ccc(OC)c(Sc2ccccc2N)c1. The van der Waals surface area contributed by atoms with Crippen LogP contribution in [0, 0.1) is 0 Å². The summed E-state index contributed by atoms with van der Waals surface area (Å²) in [7, 11) is 3.30. The van der Waals surface area contributed by atoms with Gasteiger partial charge in [0.2, 0.25) is 0 Å². The first-order valence-electron chi connectivity index (χ1n) is 5.49. The van der Waals surface area contributed by atoms with E-state index < -0.39 is 0 Å². The lowest BCUT2D eigenvalue weighted by Gasteiger charge is -2.11. The van der Waals surface area contributed by atoms with Crippen LogP contribution in [0.4, 0.5) is 5.69 Å². The van der Waals surface area contributed by atoms with Crippen LogP contribution in [0.1, 0.15) is 0 Å². The molecule has 0 bridgehead atoms. The molecule has 0 aliphatic heterocycles. The standard InChI is InChI=1S/C14H15NO2S/c1-16-10-7-8-12(17-2)14(9-10)18-13-6-4-3-5-11(13)15/h3-9H,15H2,1-2H3. The van der Waals surface area contributed by atoms with Gasteiger partial charge in [0, 0.05) is 10.6 Å². The number of hydrogen-bond donors (Lipinski definition) is 1. The summed E-state index contributed by atoms with van der Waals surface area (Å²) in [5.41, 5.74) is 6.69. The number of rotatable bonds is 4. The molecule has 18 heavy (non-hydrogen) atoms. The summed E-state index contributed by atoms with van der Waals surface area (Å²) in [5, 5.41) is 0. The minimum Gasteiger partial charge on any atom is -0.497 e. The van der Waals surface area contributed by atoms with E-state index in [4.69, 9.17) is 15.2 Å². The van der Waals surface area contributed by atoms with Gasteiger partial charge in [-0.25, -0.2) is 0 Å². The molecule has 2 aromatic carbocycles. The minimum absolute atomic E-state index is 0.757. The molecule has 0 aromatic heterocycles. The molecular formula is C14H15NO2S. The second kappa shape index (κ2) is 5.69. The largest absolute Gasteiger partial charge is 0.497 e. The lowest BCUT2D eigenvalue weighted by molar-refractivity contribution is 0.394. The van der Waals surface area contributed by atoms with Crippen molar-refractivity contribution in [3.8, 4) is 11.5 Å². The van der Waals surface area contributed by atoms with E-state index in [1.54, 1.807) is 26.0 Å². The van der Waals surface area contributed by atoms with Gasteiger partial charge in [-0.05, 0) is 30.3 Å². The van der Waals surface area contributed by atoms with Crippen LogP contribution in [0.3, 0.4) is 0 Å². The molecule has 4 heteroatoms. The van der Waals surface area contributed by atoms with Crippen LogP contribution in [0.2, 0.25) is 0 Å². The Morgan fingerprint density at radius 3 is 2.39 bits per heavy atom. The molecule has 0 atom stereocenters. The molecular weight excluding hydrogens is 246 g/mol. The highest BCUT2D eigenvalue weighted by atomic mass is 32.2. The Bertz CT molecular complexity index is 543. The summed E-state index contributed by atoms with van der Waals surface area (Å²) < 4.78 is 10.6. The van der Waals surface area contributed by atoms with Crippen molar-refractivity contribution in [2.24, 2.45) is 0 Å². The first-order valence-corrected chi connectivity index (χ1v) is 6.30. The predicted molar refractivity (Wildman–Crippen MR) is 74.5 cm³/mol. The molecule has 0 aliphatic carbocycles. The molecule has 0 heterocycles. The third kappa shape index (κ3) is 2.71. The number of benzene rings is 2. The summed E-state index contributed by atoms with van der Waals surface area (Å²) in [6, 6.07) is 13.5. The van der Waals surface area contributed by atoms with Gasteiger partial charge in [-0.15, -0.1) is 0 Å². The van der Waals surface area contributed by atoms with Gasteiger partial charge in [0.25, 0.3) is 0 Å². The Balaban J connectivity index is 2.35. The van der Waals surface area contributed by atoms with Crippen molar-refractivity contribution >= 4 is 17.4 Å². The van der Waals surface area contributed by atoms with Gasteiger partial charge < -0.3 is 15.2 Å². The number of para-hydroxylation sites is 1. The lowest BCUT2D eigenvalue weighted by Crippen LogP contribution is -1.91. The zero-order valence-electron chi connectivity index (χ0n) is 10.3. The molecule has 2 aromatic rings. The van der Waals surface area contributed by atoms with Crippen molar-refractivity contribution in [3.05, 3.63) is 42.5 Å². The number of nitrogen functional groups attached to an aromatic ring is 1. The number of ether oxygens (including phenoxy) is 2. The molecule has 0 fully saturated rings. The van der Waals surface area contributed by atoms with Crippen molar-refractivity contribution in [1.29, 1.82) is 0 Å². The predicted octanol–water partition coefficient (Wildman–Crippen LogP) is 3.44. The van der Waals surface area contributed by atoms with E-state index >= 15 is 0 Å². The number of anilines is 1. The van der Waals surface area contributed by atoms with Crippen molar-refractivity contribution in [1.82, 2.24) is 0 Å². The maximum absolute atomic E-state index is 5.94. The quantitative estimate of drug-likeness (QED) is 0.856. The summed E-state index contributed by atoms with van der Waals surface area (Å²) in [4.78, 5) is 1.99. The fraction of sp³-hybridized carbons (Fsp3) is 0.143. The van der Waals surface area contributed by atoms with E-state index in [1.165, 1.54) is 0 Å². The van der Waals surface area contributed by atoms with E-state index in [1.807, 2.05) is 42.5 Å². The van der Waals surface area contributed by atoms with Crippen molar-refractivity contribution < 1.29 is 9.47 Å². The van der Waals surface area contributed by atoms with Crippen LogP contribution >= 0.6 is 11.8 Å². The highest BCUT2D eigenvalue weighted by molar-refractivity contribution is 7.99. The van der Waals surface area contributed by atoms with Crippen LogP contribution in [-0.4, -0.2) is 14.2 Å². The third-order valence-electron chi connectivity index (χ3n) is 2.51. The van der Waals surface area contributed by atoms with Crippen molar-refractivity contribution in [3.63, 3.8) is 0 Å². The Labute approximate surface area is 111 Å². The average Bonchev–Trinajstić information content (AvgIpc) is 2.41. The zero-order valence-corrected chi connectivity index (χ0v) is 11.2. The highest BCUT2D eigenvalue weighted by Gasteiger charge is 2.08. The van der Waals surface area contributed by atoms with E-state index in [9.17, 15) is 0 Å². The van der Waals surface area contributed by atoms with E-state index in [0.717, 1.165) is 27.0 Å². The second-order valence-corrected chi connectivity index (χ2v) is 4.74. The monoisotopic (exact) mass is 261 g/mol. The Kier molecular flexibility index (Phi) is 3.99. The average molecular weight is 261 g/mol. The van der Waals surface area contributed by atoms with Crippen molar-refractivity contribution in [2.45, 2.75) is 9.79 Å². The molecule has 94 valence electrons. The molecule has 0 radical (unpaired) electrons. The van der Waals surface area contributed by atoms with Crippen LogP contribution in [-0.2, 0) is 0 Å². The summed E-state index contributed by atoms with van der Waals surface area (Å²) in [5.74, 6) is 1.61. The summed E-state index contributed by atoms with van der Waals surface area (Å²) in [6.07, 6.45) is 0. The van der Waals surface area contributed by atoms with Gasteiger partial charge in [-0.2, -0.15) is 0 Å². The first kappa shape index (κ1) is 12.6. The van der Waals surface area contributed by atoms with E-state index in [2.05, 4.69) is 0 Å². The molecule has 0 amide bonds. The minimum atomic E-state index is 0.757. The van der Waals surface area contributed by atoms with Crippen LogP contribution < -0.4 is 15.2 Å². The molecule has 0 spiro atoms. The summed E-state index contributed by atoms with van der Waals surface area (Å²) in [6.45, 7) is 0. The van der Waals surface area contributed by atoms with Gasteiger partial charge in [0.05, 0.1) is 19.1 Å². The Morgan fingerprint density at radius 1 is 0.944 bits per heavy atom. The maximum atomic E-state index is 5.94. The van der Waals surface area contributed by atoms with E-state index in [0.29, 0.717) is 0 Å². The molecule has 2 N–H and O–H groups in total. The molecule has 0 unspecified atom stereocenters. The van der Waals surface area contributed by atoms with E-state index in [-0.39, 0.29) is 0 Å². The Morgan fingerprint density at radius 2 is 1.72 bits per heavy atom. The molecule has 0 saturated carbocycles. The van der Waals surface area contributed by atoms with Crippen LogP contribution in [0.5, 0.6) is 11.5 Å². The second-order valence-electron chi connectivity index (χ2n) is 3.66. The van der Waals surface area contributed by atoms with Gasteiger partial charge >= 0.3 is 0 Å². The molecule has 0 saturated heterocycles. The normalized spacial score (nSPS) is 10.1. The van der Waals surface area contributed by atoms with Gasteiger partial charge in [-0.3, -0.25) is 0 Å². The zero-order chi connectivity index (χ0) is 13.0.